The van der Waals surface area contributed by atoms with E-state index < -0.39 is 6.04 Å². The number of hydrogen-bond donors (Lipinski definition) is 3. The number of halogens is 1. The highest BCUT2D eigenvalue weighted by Gasteiger charge is 2.21. The first-order valence-electron chi connectivity index (χ1n) is 10.9. The van der Waals surface area contributed by atoms with Crippen molar-refractivity contribution in [3.8, 4) is 0 Å². The lowest BCUT2D eigenvalue weighted by Crippen LogP contribution is -2.45. The summed E-state index contributed by atoms with van der Waals surface area (Å²) in [5.41, 5.74) is 4.06. The molecule has 0 saturated carbocycles. The number of aromatic nitrogens is 1. The molecule has 0 bridgehead atoms. The molecule has 5 nitrogen and oxygen atoms in total. The van der Waals surface area contributed by atoms with Crippen LogP contribution < -0.4 is 10.6 Å². The maximum Gasteiger partial charge on any atom is 0.237 e. The number of aromatic amines is 1. The number of fused-ring (bicyclic) bond motifs is 2. The number of nitrogens with one attached hydrogen (secondary N) is 3. The lowest BCUT2D eigenvalue weighted by molar-refractivity contribution is -0.123. The van der Waals surface area contributed by atoms with E-state index in [2.05, 4.69) is 37.6 Å². The number of carbonyl (C=O) groups is 1. The zero-order valence-electron chi connectivity index (χ0n) is 18.0. The Morgan fingerprint density at radius 2 is 1.82 bits per heavy atom. The first kappa shape index (κ1) is 21.5. The van der Waals surface area contributed by atoms with Gasteiger partial charge in [0.1, 0.15) is 11.3 Å². The minimum Gasteiger partial charge on any atom is -0.460 e. The average molecular weight is 502 g/mol. The molecule has 5 rings (SSSR count). The van der Waals surface area contributed by atoms with Gasteiger partial charge in [0, 0.05) is 33.5 Å². The van der Waals surface area contributed by atoms with E-state index in [-0.39, 0.29) is 5.91 Å². The van der Waals surface area contributed by atoms with Crippen molar-refractivity contribution in [2.24, 2.45) is 0 Å². The van der Waals surface area contributed by atoms with Crippen LogP contribution >= 0.6 is 15.9 Å². The summed E-state index contributed by atoms with van der Waals surface area (Å²) < 4.78 is 6.93. The maximum atomic E-state index is 13.2. The summed E-state index contributed by atoms with van der Waals surface area (Å²) in [6.45, 7) is 0.932. The van der Waals surface area contributed by atoms with E-state index in [1.54, 1.807) is 0 Å². The molecular weight excluding hydrogens is 478 g/mol. The van der Waals surface area contributed by atoms with Crippen LogP contribution in [-0.2, 0) is 24.3 Å². The summed E-state index contributed by atoms with van der Waals surface area (Å²) in [6.07, 6.45) is 2.55. The molecule has 0 spiro atoms. The van der Waals surface area contributed by atoms with Gasteiger partial charge in [-0.25, -0.2) is 0 Å². The normalized spacial score (nSPS) is 12.3. The Hall–Kier alpha value is -3.35. The third-order valence-electron chi connectivity index (χ3n) is 5.77. The fourth-order valence-electron chi connectivity index (χ4n) is 4.09. The molecule has 166 valence electrons. The zero-order valence-corrected chi connectivity index (χ0v) is 19.6. The van der Waals surface area contributed by atoms with Crippen molar-refractivity contribution in [3.05, 3.63) is 106 Å². The van der Waals surface area contributed by atoms with Gasteiger partial charge in [-0.15, -0.1) is 0 Å². The van der Waals surface area contributed by atoms with Crippen molar-refractivity contribution in [2.75, 3.05) is 0 Å². The van der Waals surface area contributed by atoms with Gasteiger partial charge in [0.05, 0.1) is 12.6 Å². The van der Waals surface area contributed by atoms with Crippen molar-refractivity contribution in [1.29, 1.82) is 0 Å². The number of rotatable bonds is 8. The van der Waals surface area contributed by atoms with Crippen LogP contribution in [0.5, 0.6) is 0 Å². The third kappa shape index (κ3) is 5.02. The second kappa shape index (κ2) is 9.65. The van der Waals surface area contributed by atoms with Crippen LogP contribution in [0.3, 0.4) is 0 Å². The van der Waals surface area contributed by atoms with Crippen molar-refractivity contribution >= 4 is 43.7 Å². The molecule has 0 aliphatic rings. The molecule has 1 atom stereocenters. The summed E-state index contributed by atoms with van der Waals surface area (Å²) in [7, 11) is 0. The summed E-state index contributed by atoms with van der Waals surface area (Å²) >= 11 is 3.49. The van der Waals surface area contributed by atoms with Gasteiger partial charge in [-0.05, 0) is 47.9 Å². The number of furan rings is 1. The molecule has 2 aromatic heterocycles. The summed E-state index contributed by atoms with van der Waals surface area (Å²) in [6, 6.07) is 25.6. The fourth-order valence-corrected chi connectivity index (χ4v) is 4.53. The van der Waals surface area contributed by atoms with Gasteiger partial charge in [-0.2, -0.15) is 0 Å². The highest BCUT2D eigenvalue weighted by atomic mass is 79.9. The number of H-pyrrole nitrogens is 1. The Morgan fingerprint density at radius 1 is 0.970 bits per heavy atom. The molecule has 3 N–H and O–H groups in total. The van der Waals surface area contributed by atoms with E-state index in [4.69, 9.17) is 4.42 Å². The Labute approximate surface area is 200 Å². The Kier molecular flexibility index (Phi) is 6.28. The number of hydrogen-bond acceptors (Lipinski definition) is 3. The van der Waals surface area contributed by atoms with E-state index in [1.807, 2.05) is 79.0 Å². The molecule has 0 fully saturated rings. The predicted molar refractivity (Wildman–Crippen MR) is 135 cm³/mol. The van der Waals surface area contributed by atoms with Crippen molar-refractivity contribution < 1.29 is 9.21 Å². The predicted octanol–water partition coefficient (Wildman–Crippen LogP) is 5.69. The Bertz CT molecular complexity index is 1370. The van der Waals surface area contributed by atoms with Crippen LogP contribution in [0.25, 0.3) is 21.9 Å². The van der Waals surface area contributed by atoms with E-state index in [0.717, 1.165) is 43.2 Å². The summed E-state index contributed by atoms with van der Waals surface area (Å²) in [5.74, 6) is 0.760. The van der Waals surface area contributed by atoms with Crippen LogP contribution in [0.2, 0.25) is 0 Å². The highest BCUT2D eigenvalue weighted by molar-refractivity contribution is 9.10. The van der Waals surface area contributed by atoms with E-state index in [1.165, 1.54) is 0 Å². The molecule has 5 aromatic rings. The van der Waals surface area contributed by atoms with Crippen LogP contribution in [0.1, 0.15) is 16.9 Å². The minimum atomic E-state index is -0.412. The van der Waals surface area contributed by atoms with Gasteiger partial charge in [-0.1, -0.05) is 64.5 Å². The zero-order chi connectivity index (χ0) is 22.6. The van der Waals surface area contributed by atoms with Gasteiger partial charge >= 0.3 is 0 Å². The van der Waals surface area contributed by atoms with Gasteiger partial charge in [0.15, 0.2) is 0 Å². The topological polar surface area (TPSA) is 70.1 Å². The highest BCUT2D eigenvalue weighted by Crippen LogP contribution is 2.21. The molecule has 6 heteroatoms. The van der Waals surface area contributed by atoms with Crippen molar-refractivity contribution in [2.45, 2.75) is 25.6 Å². The van der Waals surface area contributed by atoms with Crippen LogP contribution in [0.4, 0.5) is 0 Å². The molecule has 1 amide bonds. The van der Waals surface area contributed by atoms with Gasteiger partial charge in [0.2, 0.25) is 5.91 Å². The Morgan fingerprint density at radius 3 is 2.70 bits per heavy atom. The maximum absolute atomic E-state index is 13.2. The fraction of sp³-hybridized carbons (Fsp3) is 0.148. The van der Waals surface area contributed by atoms with Crippen LogP contribution in [-0.4, -0.2) is 16.9 Å². The Balaban J connectivity index is 1.33. The van der Waals surface area contributed by atoms with Crippen molar-refractivity contribution in [1.82, 2.24) is 15.6 Å². The van der Waals surface area contributed by atoms with E-state index in [9.17, 15) is 4.79 Å². The third-order valence-corrected chi connectivity index (χ3v) is 6.26. The molecule has 1 unspecified atom stereocenters. The summed E-state index contributed by atoms with van der Waals surface area (Å²) in [5, 5.41) is 8.69. The van der Waals surface area contributed by atoms with Gasteiger partial charge in [-0.3, -0.25) is 10.1 Å². The molecule has 2 heterocycles. The lowest BCUT2D eigenvalue weighted by atomic mass is 10.0. The van der Waals surface area contributed by atoms with E-state index in [0.29, 0.717) is 19.5 Å². The molecular formula is C27H24BrN3O2. The monoisotopic (exact) mass is 501 g/mol. The standard InChI is InChI=1S/C27H24BrN3O2/c28-21-8-5-6-18(12-21)15-31-27(32)25(14-20-16-29-24-10-3-2-9-23(20)24)30-17-22-13-19-7-1-4-11-26(19)33-22/h1-13,16,25,29-30H,14-15,17H2,(H,31,32). The first-order valence-corrected chi connectivity index (χ1v) is 11.7. The average Bonchev–Trinajstić information content (AvgIpc) is 3.44. The number of benzene rings is 3. The molecule has 0 aliphatic heterocycles. The SMILES string of the molecule is O=C(NCc1cccc(Br)c1)C(Cc1c[nH]c2ccccc12)NCc1cc2ccccc2o1. The van der Waals surface area contributed by atoms with Crippen LogP contribution in [0.15, 0.2) is 93.9 Å². The quantitative estimate of drug-likeness (QED) is 0.255. The molecule has 0 saturated heterocycles. The van der Waals surface area contributed by atoms with Crippen LogP contribution in [0, 0.1) is 0 Å². The molecule has 0 radical (unpaired) electrons. The van der Waals surface area contributed by atoms with Gasteiger partial charge in [0.25, 0.3) is 0 Å². The molecule has 0 aliphatic carbocycles. The second-order valence-electron chi connectivity index (χ2n) is 8.10. The van der Waals surface area contributed by atoms with Gasteiger partial charge < -0.3 is 14.7 Å². The lowest BCUT2D eigenvalue weighted by Gasteiger charge is -2.18. The van der Waals surface area contributed by atoms with Crippen molar-refractivity contribution in [3.63, 3.8) is 0 Å². The second-order valence-corrected chi connectivity index (χ2v) is 9.01. The minimum absolute atomic E-state index is 0.0450. The summed E-state index contributed by atoms with van der Waals surface area (Å²) in [4.78, 5) is 16.5. The number of para-hydroxylation sites is 2. The smallest absolute Gasteiger partial charge is 0.237 e. The number of carbonyl (C=O) groups excluding carboxylic acids is 1. The van der Waals surface area contributed by atoms with E-state index >= 15 is 0 Å². The molecule has 3 aromatic carbocycles. The number of amides is 1. The molecule has 33 heavy (non-hydrogen) atoms. The first-order chi connectivity index (χ1) is 16.2. The largest absolute Gasteiger partial charge is 0.460 e.